The largest absolute Gasteiger partial charge is 0.115 e. The van der Waals surface area contributed by atoms with Gasteiger partial charge in [-0.3, -0.25) is 0 Å². The van der Waals surface area contributed by atoms with Gasteiger partial charge in [-0.25, -0.2) is 0 Å². The van der Waals surface area contributed by atoms with Gasteiger partial charge in [0.1, 0.15) is 0 Å². The average Bonchev–Trinajstić information content (AvgIpc) is 2.13. The third-order valence-electron chi connectivity index (χ3n) is 2.36. The highest BCUT2D eigenvalue weighted by Gasteiger charge is 2.03. The predicted molar refractivity (Wildman–Crippen MR) is 63.4 cm³/mol. The Morgan fingerprint density at radius 3 is 2.57 bits per heavy atom. The molecule has 0 aliphatic rings. The number of benzene rings is 1. The molecule has 0 amide bonds. The molecule has 0 saturated carbocycles. The first-order valence-corrected chi connectivity index (χ1v) is 4.84. The fraction of sp³-hybridized carbons (Fsp3) is 0.231. The lowest BCUT2D eigenvalue weighted by Crippen LogP contribution is -1.87. The molecule has 0 aliphatic heterocycles. The highest BCUT2D eigenvalue weighted by Crippen LogP contribution is 2.24. The molecule has 0 atom stereocenters. The number of allylic oxidation sites excluding steroid dienone is 2. The van der Waals surface area contributed by atoms with Crippen LogP contribution in [0.2, 0.25) is 5.02 Å². The topological polar surface area (TPSA) is 0 Å². The number of hydrogen-bond donors (Lipinski definition) is 0. The Kier molecular flexibility index (Phi) is 3.38. The molecule has 0 bridgehead atoms. The second-order valence-electron chi connectivity index (χ2n) is 3.39. The van der Waals surface area contributed by atoms with Crippen molar-refractivity contribution in [1.29, 1.82) is 0 Å². The minimum absolute atomic E-state index is 0.796. The average molecular weight is 205 g/mol. The molecule has 0 spiro atoms. The summed E-state index contributed by atoms with van der Waals surface area (Å²) in [4.78, 5) is 0. The summed E-state index contributed by atoms with van der Waals surface area (Å²) in [6.07, 6.45) is 6.96. The highest BCUT2D eigenvalue weighted by molar-refractivity contribution is 6.31. The van der Waals surface area contributed by atoms with E-state index in [4.69, 9.17) is 18.0 Å². The van der Waals surface area contributed by atoms with E-state index in [9.17, 15) is 0 Å². The highest BCUT2D eigenvalue weighted by atomic mass is 35.5. The van der Waals surface area contributed by atoms with Crippen LogP contribution in [-0.2, 0) is 0 Å². The van der Waals surface area contributed by atoms with Crippen LogP contribution in [0.5, 0.6) is 0 Å². The summed E-state index contributed by atoms with van der Waals surface area (Å²) in [5.74, 6) is 2.51. The Bertz CT molecular complexity index is 396. The Morgan fingerprint density at radius 1 is 1.43 bits per heavy atom. The van der Waals surface area contributed by atoms with Gasteiger partial charge >= 0.3 is 0 Å². The van der Waals surface area contributed by atoms with Crippen molar-refractivity contribution < 1.29 is 0 Å². The molecule has 0 unspecified atom stereocenters. The number of rotatable bonds is 1. The SMILES string of the molecule is C#C/C=C(\C)c1cc(C)c(C)c(Cl)c1. The maximum atomic E-state index is 6.08. The lowest BCUT2D eigenvalue weighted by atomic mass is 10.0. The van der Waals surface area contributed by atoms with E-state index in [-0.39, 0.29) is 0 Å². The Hall–Kier alpha value is -1.19. The van der Waals surface area contributed by atoms with E-state index in [0.717, 1.165) is 21.7 Å². The van der Waals surface area contributed by atoms with Crippen LogP contribution in [-0.4, -0.2) is 0 Å². The van der Waals surface area contributed by atoms with Gasteiger partial charge in [0, 0.05) is 5.02 Å². The van der Waals surface area contributed by atoms with Gasteiger partial charge in [-0.1, -0.05) is 23.6 Å². The van der Waals surface area contributed by atoms with Gasteiger partial charge in [0.05, 0.1) is 0 Å². The summed E-state index contributed by atoms with van der Waals surface area (Å²) >= 11 is 6.08. The van der Waals surface area contributed by atoms with Crippen molar-refractivity contribution in [2.45, 2.75) is 20.8 Å². The zero-order valence-electron chi connectivity index (χ0n) is 8.69. The van der Waals surface area contributed by atoms with Crippen molar-refractivity contribution in [3.63, 3.8) is 0 Å². The molecule has 0 saturated heterocycles. The van der Waals surface area contributed by atoms with Crippen LogP contribution in [0.3, 0.4) is 0 Å². The number of terminal acetylenes is 1. The summed E-state index contributed by atoms with van der Waals surface area (Å²) in [7, 11) is 0. The van der Waals surface area contributed by atoms with E-state index in [2.05, 4.69) is 12.0 Å². The normalized spacial score (nSPS) is 11.2. The summed E-state index contributed by atoms with van der Waals surface area (Å²) in [5.41, 5.74) is 4.48. The van der Waals surface area contributed by atoms with Crippen LogP contribution in [0.15, 0.2) is 18.2 Å². The Morgan fingerprint density at radius 2 is 2.07 bits per heavy atom. The summed E-state index contributed by atoms with van der Waals surface area (Å²) in [6.45, 7) is 6.05. The molecule has 0 fully saturated rings. The van der Waals surface area contributed by atoms with Crippen molar-refractivity contribution in [1.82, 2.24) is 0 Å². The Labute approximate surface area is 90.6 Å². The van der Waals surface area contributed by atoms with E-state index in [1.807, 2.05) is 26.8 Å². The van der Waals surface area contributed by atoms with Gasteiger partial charge < -0.3 is 0 Å². The van der Waals surface area contributed by atoms with E-state index in [1.54, 1.807) is 6.08 Å². The van der Waals surface area contributed by atoms with E-state index < -0.39 is 0 Å². The first-order chi connectivity index (χ1) is 6.56. The summed E-state index contributed by atoms with van der Waals surface area (Å²) in [6, 6.07) is 4.05. The molecule has 0 heterocycles. The molecule has 1 aromatic rings. The van der Waals surface area contributed by atoms with Crippen LogP contribution in [0.4, 0.5) is 0 Å². The number of aryl methyl sites for hydroxylation is 1. The first kappa shape index (κ1) is 10.9. The van der Waals surface area contributed by atoms with Crippen molar-refractivity contribution in [2.24, 2.45) is 0 Å². The van der Waals surface area contributed by atoms with Crippen LogP contribution >= 0.6 is 11.6 Å². The third kappa shape index (κ3) is 2.19. The minimum Gasteiger partial charge on any atom is -0.115 e. The summed E-state index contributed by atoms with van der Waals surface area (Å²) < 4.78 is 0. The molecule has 0 aromatic heterocycles. The standard InChI is InChI=1S/C13H13Cl/c1-5-6-9(2)12-7-10(3)11(4)13(14)8-12/h1,6-8H,2-4H3/b9-6+. The van der Waals surface area contributed by atoms with Crippen molar-refractivity contribution in [3.05, 3.63) is 39.9 Å². The van der Waals surface area contributed by atoms with Crippen molar-refractivity contribution in [2.75, 3.05) is 0 Å². The van der Waals surface area contributed by atoms with Gasteiger partial charge in [-0.05, 0) is 55.2 Å². The van der Waals surface area contributed by atoms with Gasteiger partial charge in [0.15, 0.2) is 0 Å². The third-order valence-corrected chi connectivity index (χ3v) is 2.75. The lowest BCUT2D eigenvalue weighted by Gasteiger charge is -2.07. The zero-order chi connectivity index (χ0) is 10.7. The molecular weight excluding hydrogens is 192 g/mol. The molecule has 1 aromatic carbocycles. The fourth-order valence-corrected chi connectivity index (χ4v) is 1.52. The number of hydrogen-bond acceptors (Lipinski definition) is 0. The van der Waals surface area contributed by atoms with Gasteiger partial charge in [0.2, 0.25) is 0 Å². The molecule has 0 radical (unpaired) electrons. The maximum Gasteiger partial charge on any atom is 0.0443 e. The van der Waals surface area contributed by atoms with Gasteiger partial charge in [0.25, 0.3) is 0 Å². The predicted octanol–water partition coefficient (Wildman–Crippen LogP) is 3.99. The van der Waals surface area contributed by atoms with Crippen molar-refractivity contribution >= 4 is 17.2 Å². The quantitative estimate of drug-likeness (QED) is 0.607. The molecule has 0 nitrogen and oxygen atoms in total. The molecular formula is C13H13Cl. The van der Waals surface area contributed by atoms with Crippen LogP contribution in [0.1, 0.15) is 23.6 Å². The second kappa shape index (κ2) is 4.35. The van der Waals surface area contributed by atoms with Gasteiger partial charge in [-0.15, -0.1) is 6.42 Å². The molecule has 1 heteroatoms. The van der Waals surface area contributed by atoms with Crippen molar-refractivity contribution in [3.8, 4) is 12.3 Å². The minimum atomic E-state index is 0.796. The van der Waals surface area contributed by atoms with Crippen LogP contribution < -0.4 is 0 Å². The Balaban J connectivity index is 3.27. The monoisotopic (exact) mass is 204 g/mol. The second-order valence-corrected chi connectivity index (χ2v) is 3.80. The maximum absolute atomic E-state index is 6.08. The summed E-state index contributed by atoms with van der Waals surface area (Å²) in [5, 5.41) is 0.796. The van der Waals surface area contributed by atoms with Gasteiger partial charge in [-0.2, -0.15) is 0 Å². The fourth-order valence-electron chi connectivity index (χ4n) is 1.25. The number of halogens is 1. The molecule has 0 N–H and O–H groups in total. The van der Waals surface area contributed by atoms with Crippen LogP contribution in [0, 0.1) is 26.2 Å². The van der Waals surface area contributed by atoms with Crippen LogP contribution in [0.25, 0.3) is 5.57 Å². The molecule has 72 valence electrons. The van der Waals surface area contributed by atoms with E-state index in [1.165, 1.54) is 5.56 Å². The molecule has 1 rings (SSSR count). The molecule has 0 aliphatic carbocycles. The smallest absolute Gasteiger partial charge is 0.0443 e. The molecule has 14 heavy (non-hydrogen) atoms. The van der Waals surface area contributed by atoms with E-state index in [0.29, 0.717) is 0 Å². The lowest BCUT2D eigenvalue weighted by molar-refractivity contribution is 1.33. The first-order valence-electron chi connectivity index (χ1n) is 4.46. The van der Waals surface area contributed by atoms with E-state index >= 15 is 0 Å². The zero-order valence-corrected chi connectivity index (χ0v) is 9.44.